The van der Waals surface area contributed by atoms with E-state index in [1.807, 2.05) is 11.8 Å². The molecule has 1 saturated heterocycles. The average Bonchev–Trinajstić information content (AvgIpc) is 3.18. The molecule has 3 heterocycles. The Balaban J connectivity index is 1.49. The number of aromatic carboxylic acids is 1. The summed E-state index contributed by atoms with van der Waals surface area (Å²) in [4.78, 5) is 31.9. The number of rotatable bonds is 7. The summed E-state index contributed by atoms with van der Waals surface area (Å²) >= 11 is 4.93. The first kappa shape index (κ1) is 23.1. The van der Waals surface area contributed by atoms with Crippen LogP contribution < -0.4 is 10.3 Å². The van der Waals surface area contributed by atoms with E-state index in [-0.39, 0.29) is 10.9 Å². The van der Waals surface area contributed by atoms with Crippen molar-refractivity contribution < 1.29 is 19.4 Å². The molecule has 3 N–H and O–H groups in total. The lowest BCUT2D eigenvalue weighted by atomic mass is 10.1. The number of hydrogen-bond donors (Lipinski definition) is 3. The Hall–Kier alpha value is -3.09. The fourth-order valence-corrected chi connectivity index (χ4v) is 4.37. The molecule has 0 saturated carbocycles. The number of aromatic amines is 1. The Morgan fingerprint density at radius 3 is 2.61 bits per heavy atom. The maximum Gasteiger partial charge on any atom is 0.341 e. The molecule has 3 aromatic rings. The highest BCUT2D eigenvalue weighted by molar-refractivity contribution is 7.71. The van der Waals surface area contributed by atoms with Crippen molar-refractivity contribution in [1.29, 1.82) is 0 Å². The molecule has 12 heteroatoms. The van der Waals surface area contributed by atoms with Crippen molar-refractivity contribution in [2.45, 2.75) is 26.1 Å². The maximum absolute atomic E-state index is 15.0. The molecule has 1 aliphatic heterocycles. The number of benzene rings is 1. The van der Waals surface area contributed by atoms with E-state index in [1.54, 1.807) is 21.6 Å². The number of anilines is 1. The van der Waals surface area contributed by atoms with Gasteiger partial charge in [-0.1, -0.05) is 0 Å². The number of aliphatic hydroxyl groups is 1. The Kier molecular flexibility index (Phi) is 6.58. The number of carboxylic acids is 1. The largest absolute Gasteiger partial charge is 0.477 e. The highest BCUT2D eigenvalue weighted by atomic mass is 32.1. The average molecular weight is 477 g/mol. The number of nitrogens with one attached hydrogen (secondary N) is 1. The summed E-state index contributed by atoms with van der Waals surface area (Å²) < 4.78 is 18.6. The summed E-state index contributed by atoms with van der Waals surface area (Å²) in [6.07, 6.45) is 2.23. The van der Waals surface area contributed by atoms with Gasteiger partial charge in [-0.3, -0.25) is 19.5 Å². The van der Waals surface area contributed by atoms with Gasteiger partial charge >= 0.3 is 5.97 Å². The lowest BCUT2D eigenvalue weighted by Gasteiger charge is -2.37. The topological polar surface area (TPSA) is 120 Å². The fourth-order valence-electron chi connectivity index (χ4n) is 4.21. The third-order valence-electron chi connectivity index (χ3n) is 5.86. The Morgan fingerprint density at radius 1 is 1.27 bits per heavy atom. The smallest absolute Gasteiger partial charge is 0.341 e. The number of aliphatic hydroxyl groups excluding tert-OH is 1. The van der Waals surface area contributed by atoms with E-state index in [0.717, 1.165) is 6.07 Å². The van der Waals surface area contributed by atoms with E-state index in [9.17, 15) is 24.2 Å². The first-order valence-corrected chi connectivity index (χ1v) is 11.0. The molecule has 0 amide bonds. The molecule has 33 heavy (non-hydrogen) atoms. The van der Waals surface area contributed by atoms with Crippen LogP contribution in [0.25, 0.3) is 10.9 Å². The molecule has 176 valence electrons. The maximum atomic E-state index is 15.0. The van der Waals surface area contributed by atoms with Crippen LogP contribution in [0.5, 0.6) is 0 Å². The Morgan fingerprint density at radius 2 is 2.00 bits per heavy atom. The molecule has 1 fully saturated rings. The van der Waals surface area contributed by atoms with Crippen molar-refractivity contribution in [3.8, 4) is 0 Å². The highest BCUT2D eigenvalue weighted by Crippen LogP contribution is 2.26. The molecule has 0 radical (unpaired) electrons. The van der Waals surface area contributed by atoms with Gasteiger partial charge in [0.1, 0.15) is 17.7 Å². The van der Waals surface area contributed by atoms with E-state index in [4.69, 9.17) is 12.2 Å². The van der Waals surface area contributed by atoms with Crippen molar-refractivity contribution in [2.24, 2.45) is 0 Å². The molecule has 1 aromatic carbocycles. The lowest BCUT2D eigenvalue weighted by Crippen LogP contribution is -2.49. The van der Waals surface area contributed by atoms with Gasteiger partial charge in [0.2, 0.25) is 10.2 Å². The zero-order valence-electron chi connectivity index (χ0n) is 18.1. The number of H-pyrrole nitrogens is 1. The van der Waals surface area contributed by atoms with Crippen LogP contribution in [0.1, 0.15) is 17.3 Å². The molecular formula is C21H25FN6O4S. The zero-order chi connectivity index (χ0) is 23.7. The van der Waals surface area contributed by atoms with Gasteiger partial charge < -0.3 is 19.7 Å². The summed E-state index contributed by atoms with van der Waals surface area (Å²) in [5, 5.41) is 22.6. The van der Waals surface area contributed by atoms with Crippen LogP contribution in [0, 0.1) is 10.6 Å². The van der Waals surface area contributed by atoms with Crippen LogP contribution in [0.4, 0.5) is 10.1 Å². The number of fused-ring (bicyclic) bond motifs is 1. The molecular weight excluding hydrogens is 451 g/mol. The molecule has 4 rings (SSSR count). The van der Waals surface area contributed by atoms with Crippen LogP contribution in [0.2, 0.25) is 0 Å². The summed E-state index contributed by atoms with van der Waals surface area (Å²) in [5.41, 5.74) is -0.191. The minimum absolute atomic E-state index is 0.0540. The van der Waals surface area contributed by atoms with Gasteiger partial charge in [-0.25, -0.2) is 14.2 Å². The van der Waals surface area contributed by atoms with E-state index in [0.29, 0.717) is 61.8 Å². The number of β-amino-alcohol motifs (C(OH)–C–C–N with tert-alkyl or cyclic N) is 1. The number of hydrogen-bond acceptors (Lipinski definition) is 7. The van der Waals surface area contributed by atoms with Crippen molar-refractivity contribution in [1.82, 2.24) is 24.2 Å². The molecule has 10 nitrogen and oxygen atoms in total. The fraction of sp³-hybridized carbons (Fsp3) is 0.429. The lowest BCUT2D eigenvalue weighted by molar-refractivity contribution is 0.0694. The standard InChI is InChI=1S/C21H25FN6O4S/c1-2-26-11-15(20(31)32)19(30)14-7-16(22)18(8-17(14)26)27-5-3-25(4-6-27)9-13(29)10-28-12-23-21(33)24-28/h7-8,11-13,29H,2-6,9-10H2,1H3,(H,24,33)(H,31,32). The second-order valence-corrected chi connectivity index (χ2v) is 8.43. The van der Waals surface area contributed by atoms with Crippen molar-refractivity contribution in [3.63, 3.8) is 0 Å². The third-order valence-corrected chi connectivity index (χ3v) is 6.06. The van der Waals surface area contributed by atoms with Gasteiger partial charge in [0.25, 0.3) is 0 Å². The number of halogens is 1. The third kappa shape index (κ3) is 4.82. The number of pyridine rings is 1. The van der Waals surface area contributed by atoms with Crippen molar-refractivity contribution >= 4 is 34.8 Å². The quantitative estimate of drug-likeness (QED) is 0.437. The van der Waals surface area contributed by atoms with E-state index in [2.05, 4.69) is 15.0 Å². The molecule has 0 spiro atoms. The van der Waals surface area contributed by atoms with Crippen molar-refractivity contribution in [3.05, 3.63) is 51.0 Å². The molecule has 1 unspecified atom stereocenters. The minimum atomic E-state index is -1.33. The second kappa shape index (κ2) is 9.41. The number of carboxylic acid groups (broad SMARTS) is 1. The monoisotopic (exact) mass is 476 g/mol. The number of nitrogens with zero attached hydrogens (tertiary/aromatic N) is 5. The molecule has 1 aliphatic rings. The van der Waals surface area contributed by atoms with Crippen LogP contribution in [-0.2, 0) is 13.1 Å². The predicted octanol–water partition coefficient (Wildman–Crippen LogP) is 1.30. The van der Waals surface area contributed by atoms with E-state index >= 15 is 0 Å². The molecule has 0 aliphatic carbocycles. The van der Waals surface area contributed by atoms with Crippen LogP contribution in [0.15, 0.2) is 29.5 Å². The van der Waals surface area contributed by atoms with Crippen molar-refractivity contribution in [2.75, 3.05) is 37.6 Å². The highest BCUT2D eigenvalue weighted by Gasteiger charge is 2.23. The van der Waals surface area contributed by atoms with Gasteiger partial charge in [-0.2, -0.15) is 0 Å². The zero-order valence-corrected chi connectivity index (χ0v) is 18.9. The van der Waals surface area contributed by atoms with Gasteiger partial charge in [0.15, 0.2) is 0 Å². The van der Waals surface area contributed by atoms with Crippen LogP contribution in [-0.4, -0.2) is 79.2 Å². The predicted molar refractivity (Wildman–Crippen MR) is 123 cm³/mol. The number of aromatic nitrogens is 4. The Bertz CT molecular complexity index is 1290. The summed E-state index contributed by atoms with van der Waals surface area (Å²) in [7, 11) is 0. The minimum Gasteiger partial charge on any atom is -0.477 e. The normalized spacial score (nSPS) is 15.8. The van der Waals surface area contributed by atoms with Gasteiger partial charge in [0.05, 0.1) is 23.9 Å². The van der Waals surface area contributed by atoms with E-state index in [1.165, 1.54) is 6.20 Å². The first-order valence-electron chi connectivity index (χ1n) is 10.6. The summed E-state index contributed by atoms with van der Waals surface area (Å²) in [6, 6.07) is 2.75. The summed E-state index contributed by atoms with van der Waals surface area (Å²) in [6.45, 7) is 5.43. The van der Waals surface area contributed by atoms with Gasteiger partial charge in [-0.15, -0.1) is 0 Å². The Labute approximate surface area is 193 Å². The van der Waals surface area contributed by atoms with Gasteiger partial charge in [-0.05, 0) is 31.3 Å². The molecule has 0 bridgehead atoms. The van der Waals surface area contributed by atoms with Gasteiger partial charge in [0, 0.05) is 50.9 Å². The number of piperazine rings is 1. The summed E-state index contributed by atoms with van der Waals surface area (Å²) in [5.74, 6) is -1.89. The molecule has 1 atom stereocenters. The molecule has 2 aromatic heterocycles. The first-order chi connectivity index (χ1) is 15.8. The SMILES string of the molecule is CCn1cc(C(=O)O)c(=O)c2cc(F)c(N3CCN(CC(O)Cn4cnc(=S)[nH]4)CC3)cc21. The van der Waals surface area contributed by atoms with E-state index < -0.39 is 23.3 Å². The van der Waals surface area contributed by atoms with Crippen LogP contribution >= 0.6 is 12.2 Å². The number of carbonyl (C=O) groups is 1. The van der Waals surface area contributed by atoms with Crippen LogP contribution in [0.3, 0.4) is 0 Å². The second-order valence-electron chi connectivity index (χ2n) is 8.04. The number of aryl methyl sites for hydroxylation is 1.